The van der Waals surface area contributed by atoms with E-state index in [-0.39, 0.29) is 0 Å². The molecule has 3 rings (SSSR count). The maximum Gasteiger partial charge on any atom is 0.0951 e. The summed E-state index contributed by atoms with van der Waals surface area (Å²) in [6, 6.07) is 14.0. The molecule has 0 aliphatic rings. The molecule has 3 N–H and O–H groups in total. The first-order valence-electron chi connectivity index (χ1n) is 6.31. The Balaban J connectivity index is 2.06. The summed E-state index contributed by atoms with van der Waals surface area (Å²) in [5.41, 5.74) is 10.7. The van der Waals surface area contributed by atoms with Gasteiger partial charge in [-0.2, -0.15) is 0 Å². The largest absolute Gasteiger partial charge is 0.397 e. The van der Waals surface area contributed by atoms with Gasteiger partial charge >= 0.3 is 0 Å². The van der Waals surface area contributed by atoms with E-state index in [0.29, 0.717) is 5.69 Å². The lowest BCUT2D eigenvalue weighted by Crippen LogP contribution is -1.95. The van der Waals surface area contributed by atoms with Crippen molar-refractivity contribution in [3.63, 3.8) is 0 Å². The zero-order valence-electron chi connectivity index (χ0n) is 11.0. The molecule has 0 unspecified atom stereocenters. The minimum Gasteiger partial charge on any atom is -0.397 e. The number of nitrogens with two attached hydrogens (primary N) is 1. The Kier molecular flexibility index (Phi) is 3.32. The van der Waals surface area contributed by atoms with Crippen LogP contribution in [0.3, 0.4) is 0 Å². The first-order chi connectivity index (χ1) is 9.65. The maximum absolute atomic E-state index is 5.97. The number of nitrogens with zero attached hydrogens (tertiary/aromatic N) is 1. The van der Waals surface area contributed by atoms with E-state index in [2.05, 4.69) is 39.2 Å². The number of rotatable bonds is 2. The van der Waals surface area contributed by atoms with Crippen molar-refractivity contribution in [2.45, 2.75) is 6.92 Å². The van der Waals surface area contributed by atoms with Crippen LogP contribution < -0.4 is 11.1 Å². The van der Waals surface area contributed by atoms with Crippen LogP contribution in [0.25, 0.3) is 10.9 Å². The van der Waals surface area contributed by atoms with Crippen LogP contribution in [0.4, 0.5) is 17.1 Å². The van der Waals surface area contributed by atoms with Crippen molar-refractivity contribution in [1.29, 1.82) is 0 Å². The predicted molar refractivity (Wildman–Crippen MR) is 88.3 cm³/mol. The van der Waals surface area contributed by atoms with Gasteiger partial charge in [0.15, 0.2) is 0 Å². The van der Waals surface area contributed by atoms with Gasteiger partial charge in [-0.25, -0.2) is 0 Å². The fraction of sp³-hybridized carbons (Fsp3) is 0.0625. The number of aromatic nitrogens is 1. The molecule has 3 aromatic rings. The molecule has 1 heterocycles. The molecule has 0 bridgehead atoms. The minimum absolute atomic E-state index is 0.693. The molecule has 20 heavy (non-hydrogen) atoms. The smallest absolute Gasteiger partial charge is 0.0951 e. The van der Waals surface area contributed by atoms with Crippen LogP contribution in [-0.4, -0.2) is 4.98 Å². The Labute approximate surface area is 126 Å². The van der Waals surface area contributed by atoms with E-state index in [4.69, 9.17) is 5.73 Å². The summed E-state index contributed by atoms with van der Waals surface area (Å²) in [6.07, 6.45) is 1.77. The number of hydrogen-bond donors (Lipinski definition) is 2. The number of benzene rings is 2. The highest BCUT2D eigenvalue weighted by Crippen LogP contribution is 2.29. The Morgan fingerprint density at radius 3 is 2.80 bits per heavy atom. The Bertz CT molecular complexity index is 784. The standard InChI is InChI=1S/C16H14BrN3/c1-10-9-11(5-6-13(10)17)20-15-7-8-19-16-12(15)3-2-4-14(16)18/h2-9H,18H2,1H3,(H,19,20). The van der Waals surface area contributed by atoms with Gasteiger partial charge in [-0.05, 0) is 42.8 Å². The normalized spacial score (nSPS) is 10.7. The number of pyridine rings is 1. The number of nitrogens with one attached hydrogen (secondary N) is 1. The van der Waals surface area contributed by atoms with E-state index in [0.717, 1.165) is 26.8 Å². The number of hydrogen-bond acceptors (Lipinski definition) is 3. The minimum atomic E-state index is 0.693. The number of anilines is 3. The summed E-state index contributed by atoms with van der Waals surface area (Å²) in [5.74, 6) is 0. The molecule has 0 radical (unpaired) electrons. The van der Waals surface area contributed by atoms with Crippen LogP contribution in [0, 0.1) is 6.92 Å². The van der Waals surface area contributed by atoms with E-state index in [1.165, 1.54) is 5.56 Å². The van der Waals surface area contributed by atoms with Crippen molar-refractivity contribution >= 4 is 43.9 Å². The van der Waals surface area contributed by atoms with E-state index in [9.17, 15) is 0 Å². The van der Waals surface area contributed by atoms with Gasteiger partial charge < -0.3 is 11.1 Å². The van der Waals surface area contributed by atoms with Gasteiger partial charge in [0.1, 0.15) is 0 Å². The van der Waals surface area contributed by atoms with E-state index >= 15 is 0 Å². The monoisotopic (exact) mass is 327 g/mol. The molecule has 0 aliphatic heterocycles. The molecule has 0 amide bonds. The molecule has 0 fully saturated rings. The zero-order chi connectivity index (χ0) is 14.1. The molecule has 2 aromatic carbocycles. The Morgan fingerprint density at radius 1 is 1.15 bits per heavy atom. The van der Waals surface area contributed by atoms with Crippen LogP contribution in [0.2, 0.25) is 0 Å². The third kappa shape index (κ3) is 2.34. The quantitative estimate of drug-likeness (QED) is 0.674. The van der Waals surface area contributed by atoms with E-state index in [1.807, 2.05) is 36.4 Å². The van der Waals surface area contributed by atoms with Gasteiger partial charge in [0.05, 0.1) is 11.2 Å². The summed E-state index contributed by atoms with van der Waals surface area (Å²) in [7, 11) is 0. The SMILES string of the molecule is Cc1cc(Nc2ccnc3c(N)cccc23)ccc1Br. The number of para-hydroxylation sites is 1. The number of nitrogen functional groups attached to an aromatic ring is 1. The molecule has 1 aromatic heterocycles. The third-order valence-corrected chi connectivity index (χ3v) is 4.13. The van der Waals surface area contributed by atoms with Crippen molar-refractivity contribution in [3.05, 3.63) is 58.7 Å². The van der Waals surface area contributed by atoms with Crippen LogP contribution in [-0.2, 0) is 0 Å². The first-order valence-corrected chi connectivity index (χ1v) is 7.11. The highest BCUT2D eigenvalue weighted by Gasteiger charge is 2.05. The van der Waals surface area contributed by atoms with Gasteiger partial charge in [-0.15, -0.1) is 0 Å². The third-order valence-electron chi connectivity index (χ3n) is 3.24. The van der Waals surface area contributed by atoms with Crippen molar-refractivity contribution in [2.75, 3.05) is 11.1 Å². The number of fused-ring (bicyclic) bond motifs is 1. The van der Waals surface area contributed by atoms with Crippen molar-refractivity contribution in [3.8, 4) is 0 Å². The summed E-state index contributed by atoms with van der Waals surface area (Å²) in [6.45, 7) is 2.07. The zero-order valence-corrected chi connectivity index (χ0v) is 12.6. The van der Waals surface area contributed by atoms with Gasteiger partial charge in [-0.1, -0.05) is 28.1 Å². The summed E-state index contributed by atoms with van der Waals surface area (Å²) in [5, 5.41) is 4.45. The summed E-state index contributed by atoms with van der Waals surface area (Å²) >= 11 is 3.51. The Hall–Kier alpha value is -2.07. The van der Waals surface area contributed by atoms with Crippen LogP contribution in [0.5, 0.6) is 0 Å². The number of halogens is 1. The van der Waals surface area contributed by atoms with Crippen molar-refractivity contribution < 1.29 is 0 Å². The molecule has 0 atom stereocenters. The molecule has 0 spiro atoms. The maximum atomic E-state index is 5.97. The van der Waals surface area contributed by atoms with E-state index < -0.39 is 0 Å². The topological polar surface area (TPSA) is 50.9 Å². The van der Waals surface area contributed by atoms with Crippen LogP contribution >= 0.6 is 15.9 Å². The summed E-state index contributed by atoms with van der Waals surface area (Å²) in [4.78, 5) is 4.34. The second kappa shape index (κ2) is 5.13. The lowest BCUT2D eigenvalue weighted by atomic mass is 10.1. The highest BCUT2D eigenvalue weighted by molar-refractivity contribution is 9.10. The predicted octanol–water partition coefficient (Wildman–Crippen LogP) is 4.63. The van der Waals surface area contributed by atoms with Gasteiger partial charge in [-0.3, -0.25) is 4.98 Å². The molecule has 0 aliphatic carbocycles. The molecular weight excluding hydrogens is 314 g/mol. The molecule has 0 saturated carbocycles. The average Bonchev–Trinajstić information content (AvgIpc) is 2.44. The molecule has 3 nitrogen and oxygen atoms in total. The molecule has 100 valence electrons. The van der Waals surface area contributed by atoms with Crippen molar-refractivity contribution in [2.24, 2.45) is 0 Å². The molecule has 0 saturated heterocycles. The second-order valence-corrected chi connectivity index (χ2v) is 5.55. The fourth-order valence-electron chi connectivity index (χ4n) is 2.19. The fourth-order valence-corrected chi connectivity index (χ4v) is 2.43. The average molecular weight is 328 g/mol. The van der Waals surface area contributed by atoms with E-state index in [1.54, 1.807) is 6.20 Å². The highest BCUT2D eigenvalue weighted by atomic mass is 79.9. The van der Waals surface area contributed by atoms with Gasteiger partial charge in [0.2, 0.25) is 0 Å². The van der Waals surface area contributed by atoms with Crippen LogP contribution in [0.15, 0.2) is 53.1 Å². The lowest BCUT2D eigenvalue weighted by molar-refractivity contribution is 1.39. The first kappa shape index (κ1) is 12.9. The van der Waals surface area contributed by atoms with Gasteiger partial charge in [0, 0.05) is 27.4 Å². The summed E-state index contributed by atoms with van der Waals surface area (Å²) < 4.78 is 1.10. The Morgan fingerprint density at radius 2 is 2.00 bits per heavy atom. The molecular formula is C16H14BrN3. The molecule has 4 heteroatoms. The number of aryl methyl sites for hydroxylation is 1. The van der Waals surface area contributed by atoms with Crippen molar-refractivity contribution in [1.82, 2.24) is 4.98 Å². The lowest BCUT2D eigenvalue weighted by Gasteiger charge is -2.11. The van der Waals surface area contributed by atoms with Gasteiger partial charge in [0.25, 0.3) is 0 Å². The van der Waals surface area contributed by atoms with Crippen LogP contribution in [0.1, 0.15) is 5.56 Å². The second-order valence-electron chi connectivity index (χ2n) is 4.69.